The summed E-state index contributed by atoms with van der Waals surface area (Å²) in [6.07, 6.45) is 0.711. The van der Waals surface area contributed by atoms with Crippen LogP contribution in [0.5, 0.6) is 11.5 Å². The number of aryl methyl sites for hydroxylation is 1. The number of carbonyl (C=O) groups excluding carboxylic acids is 2. The van der Waals surface area contributed by atoms with Crippen molar-refractivity contribution in [2.45, 2.75) is 52.2 Å². The Labute approximate surface area is 199 Å². The smallest absolute Gasteiger partial charge is 0.242 e. The van der Waals surface area contributed by atoms with Crippen LogP contribution in [0, 0.1) is 0 Å². The molecular weight excluding hydrogens is 451 g/mol. The second-order valence-electron chi connectivity index (χ2n) is 7.79. The molecule has 0 aliphatic carbocycles. The minimum atomic E-state index is -0.665. The van der Waals surface area contributed by atoms with Crippen molar-refractivity contribution in [2.24, 2.45) is 0 Å². The summed E-state index contributed by atoms with van der Waals surface area (Å²) in [5, 5.41) is 3.83. The van der Waals surface area contributed by atoms with Crippen LogP contribution in [-0.2, 0) is 22.6 Å². The van der Waals surface area contributed by atoms with Gasteiger partial charge in [0.15, 0.2) is 11.5 Å². The van der Waals surface area contributed by atoms with Crippen molar-refractivity contribution in [3.8, 4) is 11.5 Å². The number of nitrogens with zero attached hydrogens (tertiary/aromatic N) is 1. The number of amides is 2. The molecule has 0 heterocycles. The minimum Gasteiger partial charge on any atom is -0.493 e. The Morgan fingerprint density at radius 3 is 2.28 bits per heavy atom. The van der Waals surface area contributed by atoms with Crippen molar-refractivity contribution in [1.82, 2.24) is 10.2 Å². The van der Waals surface area contributed by atoms with Crippen molar-refractivity contribution in [3.05, 3.63) is 57.6 Å². The summed E-state index contributed by atoms with van der Waals surface area (Å²) in [6.45, 7) is 5.68. The van der Waals surface area contributed by atoms with Crippen LogP contribution >= 0.6 is 23.2 Å². The molecule has 0 aliphatic heterocycles. The lowest BCUT2D eigenvalue weighted by Gasteiger charge is -2.30. The quantitative estimate of drug-likeness (QED) is 0.525. The van der Waals surface area contributed by atoms with Gasteiger partial charge in [-0.05, 0) is 62.6 Å². The van der Waals surface area contributed by atoms with Crippen molar-refractivity contribution < 1.29 is 19.1 Å². The van der Waals surface area contributed by atoms with E-state index in [0.717, 1.165) is 11.1 Å². The third-order valence-corrected chi connectivity index (χ3v) is 5.62. The zero-order chi connectivity index (χ0) is 23.8. The highest BCUT2D eigenvalue weighted by Crippen LogP contribution is 2.28. The number of hydrogen-bond donors (Lipinski definition) is 1. The highest BCUT2D eigenvalue weighted by Gasteiger charge is 2.27. The largest absolute Gasteiger partial charge is 0.493 e. The molecule has 0 bridgehead atoms. The predicted molar refractivity (Wildman–Crippen MR) is 128 cm³/mol. The summed E-state index contributed by atoms with van der Waals surface area (Å²) >= 11 is 12.3. The number of carbonyl (C=O) groups is 2. The molecule has 0 fully saturated rings. The maximum atomic E-state index is 13.2. The Hall–Kier alpha value is -2.44. The van der Waals surface area contributed by atoms with Crippen LogP contribution in [0.2, 0.25) is 10.0 Å². The predicted octanol–water partition coefficient (Wildman–Crippen LogP) is 4.89. The summed E-state index contributed by atoms with van der Waals surface area (Å²) in [7, 11) is 3.14. The number of ether oxygens (including phenoxy) is 2. The number of benzene rings is 2. The fourth-order valence-corrected chi connectivity index (χ4v) is 3.72. The normalized spacial score (nSPS) is 11.8. The van der Waals surface area contributed by atoms with Crippen molar-refractivity contribution in [1.29, 1.82) is 0 Å². The first-order valence-corrected chi connectivity index (χ1v) is 11.2. The monoisotopic (exact) mass is 480 g/mol. The Kier molecular flexibility index (Phi) is 9.66. The van der Waals surface area contributed by atoms with E-state index in [-0.39, 0.29) is 30.8 Å². The lowest BCUT2D eigenvalue weighted by molar-refractivity contribution is -0.140. The molecule has 2 aromatic rings. The lowest BCUT2D eigenvalue weighted by Crippen LogP contribution is -2.49. The number of nitrogens with one attached hydrogen (secondary N) is 1. The summed E-state index contributed by atoms with van der Waals surface area (Å²) in [5.74, 6) is 0.856. The highest BCUT2D eigenvalue weighted by molar-refractivity contribution is 6.35. The van der Waals surface area contributed by atoms with Crippen LogP contribution in [0.3, 0.4) is 0 Å². The van der Waals surface area contributed by atoms with Crippen LogP contribution in [0.15, 0.2) is 36.4 Å². The molecule has 0 aromatic heterocycles. The van der Waals surface area contributed by atoms with Crippen LogP contribution < -0.4 is 14.8 Å². The molecule has 1 atom stereocenters. The fraction of sp³-hybridized carbons (Fsp3) is 0.417. The molecule has 0 radical (unpaired) electrons. The molecular formula is C24H30Cl2N2O4. The van der Waals surface area contributed by atoms with Gasteiger partial charge in [0, 0.05) is 29.1 Å². The minimum absolute atomic E-state index is 0.0345. The molecule has 6 nitrogen and oxygen atoms in total. The van der Waals surface area contributed by atoms with Gasteiger partial charge in [-0.25, -0.2) is 0 Å². The highest BCUT2D eigenvalue weighted by atomic mass is 35.5. The molecule has 174 valence electrons. The zero-order valence-electron chi connectivity index (χ0n) is 19.1. The standard InChI is InChI=1S/C24H30Cl2N2O4/c1-15(2)27-24(30)16(3)28(14-18-8-9-19(25)13-20(18)26)23(29)11-7-17-6-10-21(31-4)22(12-17)32-5/h6,8-10,12-13,15-16H,7,11,14H2,1-5H3,(H,27,30). The van der Waals surface area contributed by atoms with E-state index in [9.17, 15) is 9.59 Å². The average molecular weight is 481 g/mol. The van der Waals surface area contributed by atoms with Crippen molar-refractivity contribution >= 4 is 35.0 Å². The molecule has 2 amide bonds. The van der Waals surface area contributed by atoms with Gasteiger partial charge < -0.3 is 19.7 Å². The summed E-state index contributed by atoms with van der Waals surface area (Å²) in [6, 6.07) is 9.97. The van der Waals surface area contributed by atoms with Gasteiger partial charge in [0.2, 0.25) is 11.8 Å². The number of rotatable bonds is 10. The third kappa shape index (κ3) is 7.04. The van der Waals surface area contributed by atoms with Gasteiger partial charge in [-0.2, -0.15) is 0 Å². The molecule has 2 aromatic carbocycles. The molecule has 2 rings (SSSR count). The van der Waals surface area contributed by atoms with Gasteiger partial charge in [0.25, 0.3) is 0 Å². The van der Waals surface area contributed by atoms with Crippen LogP contribution in [0.25, 0.3) is 0 Å². The van der Waals surface area contributed by atoms with E-state index in [1.165, 1.54) is 0 Å². The van der Waals surface area contributed by atoms with Crippen LogP contribution in [-0.4, -0.2) is 43.0 Å². The second-order valence-corrected chi connectivity index (χ2v) is 8.63. The third-order valence-electron chi connectivity index (χ3n) is 5.03. The van der Waals surface area contributed by atoms with E-state index in [1.54, 1.807) is 44.2 Å². The molecule has 1 unspecified atom stereocenters. The van der Waals surface area contributed by atoms with E-state index >= 15 is 0 Å². The lowest BCUT2D eigenvalue weighted by atomic mass is 10.1. The number of methoxy groups -OCH3 is 2. The Bertz CT molecular complexity index is 950. The molecule has 0 aliphatic rings. The first kappa shape index (κ1) is 25.8. The Morgan fingerprint density at radius 2 is 1.69 bits per heavy atom. The molecule has 0 spiro atoms. The SMILES string of the molecule is COc1ccc(CCC(=O)N(Cc2ccc(Cl)cc2Cl)C(C)C(=O)NC(C)C)cc1OC. The Balaban J connectivity index is 2.21. The first-order valence-electron chi connectivity index (χ1n) is 10.4. The number of halogens is 2. The van der Waals surface area contributed by atoms with E-state index in [0.29, 0.717) is 28.0 Å². The van der Waals surface area contributed by atoms with Crippen LogP contribution in [0.1, 0.15) is 38.3 Å². The summed E-state index contributed by atoms with van der Waals surface area (Å²) < 4.78 is 10.6. The second kappa shape index (κ2) is 12.0. The van der Waals surface area contributed by atoms with Gasteiger partial charge in [0.1, 0.15) is 6.04 Å². The van der Waals surface area contributed by atoms with Gasteiger partial charge in [-0.3, -0.25) is 9.59 Å². The maximum Gasteiger partial charge on any atom is 0.242 e. The molecule has 32 heavy (non-hydrogen) atoms. The Morgan fingerprint density at radius 1 is 1.00 bits per heavy atom. The average Bonchev–Trinajstić information content (AvgIpc) is 2.75. The summed E-state index contributed by atoms with van der Waals surface area (Å²) in [4.78, 5) is 27.4. The van der Waals surface area contributed by atoms with E-state index in [2.05, 4.69) is 5.32 Å². The molecule has 8 heteroatoms. The van der Waals surface area contributed by atoms with E-state index < -0.39 is 6.04 Å². The maximum absolute atomic E-state index is 13.2. The van der Waals surface area contributed by atoms with Crippen molar-refractivity contribution in [3.63, 3.8) is 0 Å². The van der Waals surface area contributed by atoms with E-state index in [4.69, 9.17) is 32.7 Å². The number of hydrogen-bond acceptors (Lipinski definition) is 4. The zero-order valence-corrected chi connectivity index (χ0v) is 20.6. The molecule has 1 N–H and O–H groups in total. The van der Waals surface area contributed by atoms with Crippen molar-refractivity contribution in [2.75, 3.05) is 14.2 Å². The van der Waals surface area contributed by atoms with Gasteiger partial charge >= 0.3 is 0 Å². The molecule has 0 saturated carbocycles. The molecule has 0 saturated heterocycles. The van der Waals surface area contributed by atoms with Gasteiger partial charge in [0.05, 0.1) is 14.2 Å². The first-order chi connectivity index (χ1) is 15.2. The topological polar surface area (TPSA) is 67.9 Å². The summed E-state index contributed by atoms with van der Waals surface area (Å²) in [5.41, 5.74) is 1.65. The van der Waals surface area contributed by atoms with Gasteiger partial charge in [-0.1, -0.05) is 35.3 Å². The van der Waals surface area contributed by atoms with Crippen LogP contribution in [0.4, 0.5) is 0 Å². The van der Waals surface area contributed by atoms with Gasteiger partial charge in [-0.15, -0.1) is 0 Å². The van der Waals surface area contributed by atoms with E-state index in [1.807, 2.05) is 32.0 Å². The fourth-order valence-electron chi connectivity index (χ4n) is 3.25.